The molecule has 17 heavy (non-hydrogen) atoms. The Kier molecular flexibility index (Phi) is 8.06. The number of unbranched alkanes of at least 4 members (excludes halogenated alkanes) is 1. The van der Waals surface area contributed by atoms with E-state index in [-0.39, 0.29) is 18.9 Å². The number of benzene rings is 1. The van der Waals surface area contributed by atoms with Crippen LogP contribution in [0.15, 0.2) is 12.1 Å². The molecule has 0 saturated heterocycles. The summed E-state index contributed by atoms with van der Waals surface area (Å²) in [6, 6.07) is 4.20. The molecule has 1 aromatic rings. The first-order chi connectivity index (χ1) is 7.56. The van der Waals surface area contributed by atoms with Crippen LogP contribution in [0, 0.1) is 20.8 Å². The normalized spacial score (nSPS) is 10.6. The van der Waals surface area contributed by atoms with E-state index in [0.717, 1.165) is 29.3 Å². The summed E-state index contributed by atoms with van der Waals surface area (Å²) in [5, 5.41) is 0. The molecule has 90 valence electrons. The van der Waals surface area contributed by atoms with Crippen molar-refractivity contribution in [2.24, 2.45) is 0 Å². The topological polar surface area (TPSA) is 17.1 Å². The van der Waals surface area contributed by atoms with Gasteiger partial charge in [0.15, 0.2) is 5.52 Å². The van der Waals surface area contributed by atoms with Crippen molar-refractivity contribution in [3.05, 3.63) is 34.4 Å². The molecular formula is C14H22LiOP. The molecule has 1 aromatic carbocycles. The van der Waals surface area contributed by atoms with E-state index in [0.29, 0.717) is 14.1 Å². The van der Waals surface area contributed by atoms with Gasteiger partial charge in [0.1, 0.15) is 0 Å². The Labute approximate surface area is 119 Å². The minimum absolute atomic E-state index is 0. The molecule has 1 rings (SSSR count). The molecule has 0 aromatic heterocycles. The summed E-state index contributed by atoms with van der Waals surface area (Å²) in [7, 11) is 0.441. The van der Waals surface area contributed by atoms with Crippen LogP contribution < -0.4 is 0 Å². The number of rotatable bonds is 5. The van der Waals surface area contributed by atoms with E-state index >= 15 is 0 Å². The van der Waals surface area contributed by atoms with Crippen LogP contribution in [0.3, 0.4) is 0 Å². The summed E-state index contributed by atoms with van der Waals surface area (Å²) < 4.78 is 0. The third-order valence-electron chi connectivity index (χ3n) is 2.72. The molecule has 0 aliphatic carbocycles. The molecule has 0 amide bonds. The van der Waals surface area contributed by atoms with Gasteiger partial charge in [-0.15, -0.1) is 0 Å². The van der Waals surface area contributed by atoms with E-state index in [1.54, 1.807) is 0 Å². The number of carbonyl (C=O) groups is 1. The summed E-state index contributed by atoms with van der Waals surface area (Å²) in [6.07, 6.45) is 3.38. The molecule has 0 aliphatic rings. The van der Waals surface area contributed by atoms with Gasteiger partial charge in [-0.05, 0) is 53.1 Å². The Bertz CT molecular complexity index is 365. The van der Waals surface area contributed by atoms with Gasteiger partial charge in [-0.25, -0.2) is 0 Å². The van der Waals surface area contributed by atoms with E-state index in [1.165, 1.54) is 12.0 Å². The third kappa shape index (κ3) is 4.97. The first kappa shape index (κ1) is 16.9. The average Bonchev–Trinajstić information content (AvgIpc) is 2.16. The molecular weight excluding hydrogens is 222 g/mol. The monoisotopic (exact) mass is 244 g/mol. The van der Waals surface area contributed by atoms with E-state index in [2.05, 4.69) is 26.0 Å². The quantitative estimate of drug-likeness (QED) is 0.439. The third-order valence-corrected chi connectivity index (χ3v) is 3.89. The van der Waals surface area contributed by atoms with Gasteiger partial charge < -0.3 is 0 Å². The maximum atomic E-state index is 12.1. The first-order valence-corrected chi connectivity index (χ1v) is 7.13. The van der Waals surface area contributed by atoms with Crippen LogP contribution in [0.1, 0.15) is 46.8 Å². The van der Waals surface area contributed by atoms with Crippen LogP contribution in [0.2, 0.25) is 0 Å². The summed E-state index contributed by atoms with van der Waals surface area (Å²) >= 11 is 0. The van der Waals surface area contributed by atoms with Crippen molar-refractivity contribution in [2.75, 3.05) is 6.16 Å². The van der Waals surface area contributed by atoms with E-state index in [4.69, 9.17) is 0 Å². The van der Waals surface area contributed by atoms with Gasteiger partial charge in [-0.3, -0.25) is 4.79 Å². The van der Waals surface area contributed by atoms with Crippen LogP contribution in [-0.2, 0) is 0 Å². The van der Waals surface area contributed by atoms with Crippen LogP contribution in [0.5, 0.6) is 0 Å². The van der Waals surface area contributed by atoms with Crippen LogP contribution >= 0.6 is 8.58 Å². The fourth-order valence-corrected chi connectivity index (χ4v) is 3.33. The van der Waals surface area contributed by atoms with E-state index in [9.17, 15) is 4.79 Å². The van der Waals surface area contributed by atoms with E-state index in [1.807, 2.05) is 13.8 Å². The van der Waals surface area contributed by atoms with E-state index < -0.39 is 0 Å². The zero-order valence-corrected chi connectivity index (χ0v) is 11.7. The summed E-state index contributed by atoms with van der Waals surface area (Å²) in [5.74, 6) is 0. The van der Waals surface area contributed by atoms with Crippen LogP contribution in [-0.4, -0.2) is 30.5 Å². The molecule has 0 spiro atoms. The Morgan fingerprint density at radius 3 is 2.18 bits per heavy atom. The van der Waals surface area contributed by atoms with Crippen molar-refractivity contribution in [2.45, 2.75) is 40.5 Å². The SMILES string of the molecule is CCCCPC(=O)c1c(C)cc(C)cc1C.[LiH]. The molecule has 0 bridgehead atoms. The predicted octanol–water partition coefficient (Wildman–Crippen LogP) is 3.58. The second-order valence-electron chi connectivity index (χ2n) is 4.38. The molecule has 0 N–H and O–H groups in total. The van der Waals surface area contributed by atoms with Crippen LogP contribution in [0.25, 0.3) is 0 Å². The summed E-state index contributed by atoms with van der Waals surface area (Å²) in [6.45, 7) is 8.32. The van der Waals surface area contributed by atoms with Crippen molar-refractivity contribution in [3.8, 4) is 0 Å². The zero-order valence-electron chi connectivity index (χ0n) is 10.7. The molecule has 0 fully saturated rings. The molecule has 0 heterocycles. The zero-order chi connectivity index (χ0) is 12.1. The van der Waals surface area contributed by atoms with Gasteiger partial charge in [-0.2, -0.15) is 0 Å². The van der Waals surface area contributed by atoms with Gasteiger partial charge in [0.25, 0.3) is 0 Å². The van der Waals surface area contributed by atoms with Crippen molar-refractivity contribution in [1.29, 1.82) is 0 Å². The Morgan fingerprint density at radius 1 is 1.18 bits per heavy atom. The molecule has 1 unspecified atom stereocenters. The number of hydrogen-bond acceptors (Lipinski definition) is 1. The van der Waals surface area contributed by atoms with Crippen molar-refractivity contribution in [1.82, 2.24) is 0 Å². The Morgan fingerprint density at radius 2 is 1.71 bits per heavy atom. The van der Waals surface area contributed by atoms with Crippen LogP contribution in [0.4, 0.5) is 0 Å². The van der Waals surface area contributed by atoms with Crippen molar-refractivity contribution >= 4 is 33.0 Å². The van der Waals surface area contributed by atoms with Gasteiger partial charge in [0, 0.05) is 5.56 Å². The second kappa shape index (κ2) is 8.10. The predicted molar refractivity (Wildman–Crippen MR) is 80.2 cm³/mol. The summed E-state index contributed by atoms with van der Waals surface area (Å²) in [4.78, 5) is 12.1. The number of aryl methyl sites for hydroxylation is 3. The minimum atomic E-state index is 0. The van der Waals surface area contributed by atoms with Gasteiger partial charge in [-0.1, -0.05) is 31.0 Å². The summed E-state index contributed by atoms with van der Waals surface area (Å²) in [5.41, 5.74) is 4.80. The molecule has 1 atom stereocenters. The second-order valence-corrected chi connectivity index (χ2v) is 5.69. The van der Waals surface area contributed by atoms with Crippen molar-refractivity contribution < 1.29 is 4.79 Å². The molecule has 0 saturated carbocycles. The fourth-order valence-electron chi connectivity index (χ4n) is 2.01. The maximum absolute atomic E-state index is 12.1. The molecule has 1 nitrogen and oxygen atoms in total. The number of carbonyl (C=O) groups excluding carboxylic acids is 1. The Hall–Kier alpha value is -0.0826. The fraction of sp³-hybridized carbons (Fsp3) is 0.500. The molecule has 0 radical (unpaired) electrons. The Balaban J connectivity index is 0.00000256. The number of hydrogen-bond donors (Lipinski definition) is 0. The average molecular weight is 244 g/mol. The van der Waals surface area contributed by atoms with Gasteiger partial charge in [0.2, 0.25) is 0 Å². The van der Waals surface area contributed by atoms with Gasteiger partial charge >= 0.3 is 18.9 Å². The van der Waals surface area contributed by atoms with Gasteiger partial charge in [0.05, 0.1) is 0 Å². The van der Waals surface area contributed by atoms with Crippen molar-refractivity contribution in [3.63, 3.8) is 0 Å². The standard InChI is InChI=1S/C14H21OP.Li.H/c1-5-6-7-16-14(15)13-11(3)8-10(2)9-12(13)4;;/h8-9,16H,5-7H2,1-4H3;;. The first-order valence-electron chi connectivity index (χ1n) is 5.92. The molecule has 0 aliphatic heterocycles. The molecule has 3 heteroatoms.